The lowest BCUT2D eigenvalue weighted by molar-refractivity contribution is 0.0698. The van der Waals surface area contributed by atoms with Crippen molar-refractivity contribution in [3.63, 3.8) is 0 Å². The van der Waals surface area contributed by atoms with Crippen molar-refractivity contribution in [2.24, 2.45) is 0 Å². The Labute approximate surface area is 141 Å². The lowest BCUT2D eigenvalue weighted by Crippen LogP contribution is -2.09. The third-order valence-corrected chi connectivity index (χ3v) is 3.72. The first-order chi connectivity index (χ1) is 11.1. The van der Waals surface area contributed by atoms with E-state index in [2.05, 4.69) is 5.32 Å². The van der Waals surface area contributed by atoms with Gasteiger partial charge in [0.15, 0.2) is 0 Å². The van der Waals surface area contributed by atoms with Crippen LogP contribution in [0.5, 0.6) is 5.75 Å². The van der Waals surface area contributed by atoms with Crippen LogP contribution in [0.25, 0.3) is 0 Å². The third-order valence-electron chi connectivity index (χ3n) is 3.41. The van der Waals surface area contributed by atoms with Gasteiger partial charge in [-0.2, -0.15) is 0 Å². The van der Waals surface area contributed by atoms with Gasteiger partial charge >= 0.3 is 5.97 Å². The molecule has 0 aromatic heterocycles. The highest BCUT2D eigenvalue weighted by atomic mass is 35.5. The van der Waals surface area contributed by atoms with Crippen LogP contribution in [0.2, 0.25) is 5.02 Å². The molecule has 0 radical (unpaired) electrons. The van der Waals surface area contributed by atoms with E-state index in [1.807, 2.05) is 31.2 Å². The van der Waals surface area contributed by atoms with Crippen molar-refractivity contribution in [1.82, 2.24) is 0 Å². The molecule has 2 aromatic carbocycles. The predicted molar refractivity (Wildman–Crippen MR) is 92.8 cm³/mol. The van der Waals surface area contributed by atoms with Crippen LogP contribution >= 0.6 is 11.6 Å². The Balaban J connectivity index is 1.74. The standard InChI is InChI=1S/C18H20ClNO3/c1-13-7-9-14(10-8-13)23-12-3-2-11-20-17-15(18(21)22)5-4-6-16(17)19/h4-10,20H,2-3,11-12H2,1H3,(H,21,22). The van der Waals surface area contributed by atoms with Gasteiger partial charge < -0.3 is 15.2 Å². The monoisotopic (exact) mass is 333 g/mol. The smallest absolute Gasteiger partial charge is 0.337 e. The zero-order valence-corrected chi connectivity index (χ0v) is 13.8. The summed E-state index contributed by atoms with van der Waals surface area (Å²) in [5.74, 6) is -0.125. The summed E-state index contributed by atoms with van der Waals surface area (Å²) in [6.45, 7) is 3.30. The number of hydrogen-bond donors (Lipinski definition) is 2. The Bertz CT molecular complexity index is 656. The number of ether oxygens (including phenoxy) is 1. The van der Waals surface area contributed by atoms with E-state index in [0.29, 0.717) is 23.9 Å². The number of nitrogens with one attached hydrogen (secondary N) is 1. The number of benzene rings is 2. The second kappa shape index (κ2) is 8.44. The van der Waals surface area contributed by atoms with Crippen LogP contribution in [0.1, 0.15) is 28.8 Å². The first-order valence-corrected chi connectivity index (χ1v) is 7.91. The van der Waals surface area contributed by atoms with E-state index in [1.165, 1.54) is 11.6 Å². The molecule has 0 aliphatic carbocycles. The van der Waals surface area contributed by atoms with E-state index in [-0.39, 0.29) is 5.56 Å². The van der Waals surface area contributed by atoms with Crippen molar-refractivity contribution in [3.8, 4) is 5.75 Å². The number of unbranched alkanes of at least 4 members (excludes halogenated alkanes) is 1. The highest BCUT2D eigenvalue weighted by molar-refractivity contribution is 6.34. The average Bonchev–Trinajstić information content (AvgIpc) is 2.53. The SMILES string of the molecule is Cc1ccc(OCCCCNc2c(Cl)cccc2C(=O)O)cc1. The summed E-state index contributed by atoms with van der Waals surface area (Å²) >= 11 is 6.06. The van der Waals surface area contributed by atoms with Crippen molar-refractivity contribution < 1.29 is 14.6 Å². The molecule has 122 valence electrons. The molecule has 0 saturated carbocycles. The molecule has 2 aromatic rings. The summed E-state index contributed by atoms with van der Waals surface area (Å²) in [5, 5.41) is 12.7. The normalized spacial score (nSPS) is 10.3. The van der Waals surface area contributed by atoms with Crippen LogP contribution < -0.4 is 10.1 Å². The molecular formula is C18H20ClNO3. The highest BCUT2D eigenvalue weighted by Gasteiger charge is 2.12. The first kappa shape index (κ1) is 17.2. The second-order valence-electron chi connectivity index (χ2n) is 5.26. The Morgan fingerprint density at radius 3 is 2.61 bits per heavy atom. The van der Waals surface area contributed by atoms with Crippen LogP contribution in [0, 0.1) is 6.92 Å². The van der Waals surface area contributed by atoms with Crippen LogP contribution in [0.4, 0.5) is 5.69 Å². The van der Waals surface area contributed by atoms with Crippen molar-refractivity contribution in [2.45, 2.75) is 19.8 Å². The Hall–Kier alpha value is -2.20. The van der Waals surface area contributed by atoms with Crippen LogP contribution in [0.15, 0.2) is 42.5 Å². The van der Waals surface area contributed by atoms with Gasteiger partial charge in [-0.05, 0) is 44.0 Å². The number of para-hydroxylation sites is 1. The topological polar surface area (TPSA) is 58.6 Å². The van der Waals surface area contributed by atoms with Gasteiger partial charge in [0.25, 0.3) is 0 Å². The maximum absolute atomic E-state index is 11.2. The summed E-state index contributed by atoms with van der Waals surface area (Å²) in [6, 6.07) is 12.8. The van der Waals surface area contributed by atoms with Crippen LogP contribution in [-0.4, -0.2) is 24.2 Å². The summed E-state index contributed by atoms with van der Waals surface area (Å²) in [6.07, 6.45) is 1.73. The van der Waals surface area contributed by atoms with Crippen molar-refractivity contribution in [2.75, 3.05) is 18.5 Å². The maximum atomic E-state index is 11.2. The van der Waals surface area contributed by atoms with Gasteiger partial charge in [0.1, 0.15) is 5.75 Å². The number of carboxylic acid groups (broad SMARTS) is 1. The maximum Gasteiger partial charge on any atom is 0.337 e. The third kappa shape index (κ3) is 5.18. The number of halogens is 1. The van der Waals surface area contributed by atoms with Gasteiger partial charge in [-0.25, -0.2) is 4.79 Å². The number of carbonyl (C=O) groups is 1. The molecule has 0 fully saturated rings. The van der Waals surface area contributed by atoms with Gasteiger partial charge in [0.2, 0.25) is 0 Å². The van der Waals surface area contributed by atoms with Crippen molar-refractivity contribution >= 4 is 23.3 Å². The molecule has 0 spiro atoms. The average molecular weight is 334 g/mol. The molecule has 2 rings (SSSR count). The van der Waals surface area contributed by atoms with Gasteiger partial charge in [-0.15, -0.1) is 0 Å². The fourth-order valence-electron chi connectivity index (χ4n) is 2.15. The minimum absolute atomic E-state index is 0.188. The van der Waals surface area contributed by atoms with Crippen molar-refractivity contribution in [1.29, 1.82) is 0 Å². The number of rotatable bonds is 8. The van der Waals surface area contributed by atoms with Gasteiger partial charge in [-0.3, -0.25) is 0 Å². The molecule has 0 aliphatic rings. The summed E-state index contributed by atoms with van der Waals surface area (Å²) in [4.78, 5) is 11.2. The lowest BCUT2D eigenvalue weighted by Gasteiger charge is -2.11. The summed E-state index contributed by atoms with van der Waals surface area (Å²) < 4.78 is 5.65. The first-order valence-electron chi connectivity index (χ1n) is 7.53. The van der Waals surface area contributed by atoms with E-state index in [9.17, 15) is 4.79 Å². The zero-order chi connectivity index (χ0) is 16.7. The number of carboxylic acids is 1. The molecule has 2 N–H and O–H groups in total. The van der Waals surface area contributed by atoms with E-state index in [0.717, 1.165) is 18.6 Å². The van der Waals surface area contributed by atoms with E-state index >= 15 is 0 Å². The number of anilines is 1. The molecule has 23 heavy (non-hydrogen) atoms. The largest absolute Gasteiger partial charge is 0.494 e. The molecule has 4 nitrogen and oxygen atoms in total. The van der Waals surface area contributed by atoms with Crippen molar-refractivity contribution in [3.05, 3.63) is 58.6 Å². The van der Waals surface area contributed by atoms with Gasteiger partial charge in [0.05, 0.1) is 22.9 Å². The molecule has 5 heteroatoms. The summed E-state index contributed by atoms with van der Waals surface area (Å²) in [5.41, 5.74) is 1.87. The molecule has 0 atom stereocenters. The molecular weight excluding hydrogens is 314 g/mol. The number of hydrogen-bond acceptors (Lipinski definition) is 3. The molecule has 0 amide bonds. The number of aromatic carboxylic acids is 1. The zero-order valence-electron chi connectivity index (χ0n) is 13.0. The van der Waals surface area contributed by atoms with Crippen LogP contribution in [-0.2, 0) is 0 Å². The van der Waals surface area contributed by atoms with E-state index < -0.39 is 5.97 Å². The van der Waals surface area contributed by atoms with E-state index in [1.54, 1.807) is 12.1 Å². The number of aryl methyl sites for hydroxylation is 1. The van der Waals surface area contributed by atoms with E-state index in [4.69, 9.17) is 21.4 Å². The van der Waals surface area contributed by atoms with Gasteiger partial charge in [0, 0.05) is 6.54 Å². The minimum atomic E-state index is -0.988. The Morgan fingerprint density at radius 2 is 1.91 bits per heavy atom. The van der Waals surface area contributed by atoms with Gasteiger partial charge in [-0.1, -0.05) is 35.4 Å². The Kier molecular flexibility index (Phi) is 6.29. The molecule has 0 unspecified atom stereocenters. The minimum Gasteiger partial charge on any atom is -0.494 e. The molecule has 0 bridgehead atoms. The molecule has 0 aliphatic heterocycles. The molecule has 0 saturated heterocycles. The fourth-order valence-corrected chi connectivity index (χ4v) is 2.39. The lowest BCUT2D eigenvalue weighted by atomic mass is 10.1. The second-order valence-corrected chi connectivity index (χ2v) is 5.67. The predicted octanol–water partition coefficient (Wildman–Crippen LogP) is 4.62. The highest BCUT2D eigenvalue weighted by Crippen LogP contribution is 2.26. The van der Waals surface area contributed by atoms with Crippen LogP contribution in [0.3, 0.4) is 0 Å². The quantitative estimate of drug-likeness (QED) is 0.692. The Morgan fingerprint density at radius 1 is 1.17 bits per heavy atom. The molecule has 0 heterocycles. The summed E-state index contributed by atoms with van der Waals surface area (Å²) in [7, 11) is 0. The fraction of sp³-hybridized carbons (Fsp3) is 0.278.